The molecule has 0 atom stereocenters. The van der Waals surface area contributed by atoms with Gasteiger partial charge in [-0.1, -0.05) is 39.0 Å². The molecule has 2 rings (SSSR count). The van der Waals surface area contributed by atoms with Gasteiger partial charge in [-0.25, -0.2) is 9.97 Å². The third kappa shape index (κ3) is 3.73. The maximum absolute atomic E-state index is 4.33. The molecule has 21 heavy (non-hydrogen) atoms. The number of nitrogens with zero attached hydrogens (tertiary/aromatic N) is 2. The Balaban J connectivity index is 2.38. The number of para-hydroxylation sites is 1. The van der Waals surface area contributed by atoms with Crippen LogP contribution in [0.5, 0.6) is 0 Å². The number of nitrogens with one attached hydrogen (secondary N) is 2. The zero-order valence-corrected chi connectivity index (χ0v) is 14.5. The molecule has 0 fully saturated rings. The van der Waals surface area contributed by atoms with Crippen LogP contribution >= 0.6 is 15.9 Å². The van der Waals surface area contributed by atoms with Crippen LogP contribution in [0.4, 0.5) is 17.3 Å². The van der Waals surface area contributed by atoms with E-state index >= 15 is 0 Å². The van der Waals surface area contributed by atoms with Gasteiger partial charge in [0.05, 0.1) is 0 Å². The van der Waals surface area contributed by atoms with Gasteiger partial charge in [0.1, 0.15) is 22.4 Å². The molecule has 1 heterocycles. The van der Waals surface area contributed by atoms with Crippen molar-refractivity contribution in [3.63, 3.8) is 0 Å². The van der Waals surface area contributed by atoms with E-state index in [0.29, 0.717) is 0 Å². The monoisotopic (exact) mass is 348 g/mol. The maximum atomic E-state index is 4.33. The van der Waals surface area contributed by atoms with E-state index < -0.39 is 0 Å². The Labute approximate surface area is 134 Å². The van der Waals surface area contributed by atoms with E-state index in [2.05, 4.69) is 75.5 Å². The fourth-order valence-electron chi connectivity index (χ4n) is 2.12. The molecule has 0 unspecified atom stereocenters. The lowest BCUT2D eigenvalue weighted by Gasteiger charge is -2.23. The Kier molecular flexibility index (Phi) is 4.83. The first kappa shape index (κ1) is 15.8. The highest BCUT2D eigenvalue weighted by molar-refractivity contribution is 9.10. The molecule has 0 amide bonds. The molecule has 1 aromatic carbocycles. The summed E-state index contributed by atoms with van der Waals surface area (Å²) in [5.41, 5.74) is 2.38. The summed E-state index contributed by atoms with van der Waals surface area (Å²) in [6.45, 7) is 9.45. The highest BCUT2D eigenvalue weighted by atomic mass is 79.9. The van der Waals surface area contributed by atoms with Crippen molar-refractivity contribution in [1.82, 2.24) is 9.97 Å². The molecule has 5 heteroatoms. The van der Waals surface area contributed by atoms with Gasteiger partial charge in [0.15, 0.2) is 0 Å². The number of hydrogen-bond acceptors (Lipinski definition) is 4. The molecule has 2 N–H and O–H groups in total. The van der Waals surface area contributed by atoms with Crippen molar-refractivity contribution < 1.29 is 0 Å². The van der Waals surface area contributed by atoms with Crippen molar-refractivity contribution in [2.24, 2.45) is 0 Å². The first-order valence-electron chi connectivity index (χ1n) is 7.04. The van der Waals surface area contributed by atoms with Crippen molar-refractivity contribution in [1.29, 1.82) is 0 Å². The molecule has 0 radical (unpaired) electrons. The summed E-state index contributed by atoms with van der Waals surface area (Å²) in [6.07, 6.45) is 1.56. The Bertz CT molecular complexity index is 620. The Hall–Kier alpha value is -1.62. The third-order valence-electron chi connectivity index (χ3n) is 3.12. The fourth-order valence-corrected chi connectivity index (χ4v) is 2.57. The van der Waals surface area contributed by atoms with Gasteiger partial charge >= 0.3 is 0 Å². The Morgan fingerprint density at radius 3 is 2.43 bits per heavy atom. The lowest BCUT2D eigenvalue weighted by molar-refractivity contribution is 0.592. The van der Waals surface area contributed by atoms with Crippen LogP contribution in [-0.4, -0.2) is 16.5 Å². The van der Waals surface area contributed by atoms with Gasteiger partial charge in [-0.05, 0) is 39.9 Å². The molecule has 2 aromatic rings. The van der Waals surface area contributed by atoms with Crippen molar-refractivity contribution in [3.8, 4) is 0 Å². The third-order valence-corrected chi connectivity index (χ3v) is 3.87. The molecule has 0 aliphatic rings. The molecule has 0 saturated carbocycles. The molecule has 0 saturated heterocycles. The number of halogens is 1. The second-order valence-electron chi connectivity index (χ2n) is 5.84. The molecule has 0 aliphatic carbocycles. The number of aromatic nitrogens is 2. The van der Waals surface area contributed by atoms with Crippen molar-refractivity contribution in [2.45, 2.75) is 33.1 Å². The summed E-state index contributed by atoms with van der Waals surface area (Å²) in [4.78, 5) is 8.56. The summed E-state index contributed by atoms with van der Waals surface area (Å²) >= 11 is 3.56. The molecule has 112 valence electrons. The topological polar surface area (TPSA) is 49.8 Å². The van der Waals surface area contributed by atoms with Crippen molar-refractivity contribution >= 4 is 33.3 Å². The first-order valence-corrected chi connectivity index (χ1v) is 7.83. The van der Waals surface area contributed by atoms with E-state index in [1.165, 1.54) is 5.56 Å². The van der Waals surface area contributed by atoms with E-state index in [1.807, 2.05) is 13.0 Å². The van der Waals surface area contributed by atoms with Gasteiger partial charge in [0.2, 0.25) is 0 Å². The minimum Gasteiger partial charge on any atom is -0.369 e. The number of rotatable bonds is 4. The first-order chi connectivity index (χ1) is 9.93. The van der Waals surface area contributed by atoms with Gasteiger partial charge in [-0.15, -0.1) is 0 Å². The predicted molar refractivity (Wildman–Crippen MR) is 92.3 cm³/mol. The van der Waals surface area contributed by atoms with E-state index in [1.54, 1.807) is 6.33 Å². The standard InChI is InChI=1S/C16H21BrN4/c1-5-18-14-13(17)15(20-10-19-14)21-12-9-7-6-8-11(12)16(2,3)4/h6-10H,5H2,1-4H3,(H2,18,19,20,21). The van der Waals surface area contributed by atoms with Crippen molar-refractivity contribution in [3.05, 3.63) is 40.6 Å². The van der Waals surface area contributed by atoms with Crippen molar-refractivity contribution in [2.75, 3.05) is 17.2 Å². The second-order valence-corrected chi connectivity index (χ2v) is 6.63. The second kappa shape index (κ2) is 6.43. The van der Waals surface area contributed by atoms with Crippen LogP contribution in [0.15, 0.2) is 35.1 Å². The van der Waals surface area contributed by atoms with Gasteiger partial charge in [0, 0.05) is 12.2 Å². The zero-order chi connectivity index (χ0) is 15.5. The fraction of sp³-hybridized carbons (Fsp3) is 0.375. The Morgan fingerprint density at radius 1 is 1.10 bits per heavy atom. The number of anilines is 3. The molecule has 0 spiro atoms. The number of benzene rings is 1. The van der Waals surface area contributed by atoms with E-state index in [9.17, 15) is 0 Å². The lowest BCUT2D eigenvalue weighted by atomic mass is 9.86. The van der Waals surface area contributed by atoms with E-state index in [-0.39, 0.29) is 5.41 Å². The smallest absolute Gasteiger partial charge is 0.150 e. The van der Waals surface area contributed by atoms with E-state index in [0.717, 1.165) is 28.3 Å². The summed E-state index contributed by atoms with van der Waals surface area (Å²) in [7, 11) is 0. The predicted octanol–water partition coefficient (Wildman–Crippen LogP) is 4.71. The molecular weight excluding hydrogens is 328 g/mol. The summed E-state index contributed by atoms with van der Waals surface area (Å²) in [5.74, 6) is 1.56. The van der Waals surface area contributed by atoms with Gasteiger partial charge in [-0.3, -0.25) is 0 Å². The van der Waals surface area contributed by atoms with Crippen LogP contribution in [0.2, 0.25) is 0 Å². The average molecular weight is 349 g/mol. The van der Waals surface area contributed by atoms with Gasteiger partial charge < -0.3 is 10.6 Å². The van der Waals surface area contributed by atoms with Gasteiger partial charge in [-0.2, -0.15) is 0 Å². The number of hydrogen-bond donors (Lipinski definition) is 2. The largest absolute Gasteiger partial charge is 0.369 e. The zero-order valence-electron chi connectivity index (χ0n) is 12.9. The van der Waals surface area contributed by atoms with Gasteiger partial charge in [0.25, 0.3) is 0 Å². The SMILES string of the molecule is CCNc1ncnc(Nc2ccccc2C(C)(C)C)c1Br. The van der Waals surface area contributed by atoms with Crippen LogP contribution in [-0.2, 0) is 5.41 Å². The molecule has 4 nitrogen and oxygen atoms in total. The quantitative estimate of drug-likeness (QED) is 0.839. The highest BCUT2D eigenvalue weighted by Gasteiger charge is 2.18. The average Bonchev–Trinajstić information content (AvgIpc) is 2.43. The minimum atomic E-state index is 0.0631. The summed E-state index contributed by atoms with van der Waals surface area (Å²) in [6, 6.07) is 8.30. The van der Waals surface area contributed by atoms with Crippen LogP contribution in [0.25, 0.3) is 0 Å². The summed E-state index contributed by atoms with van der Waals surface area (Å²) < 4.78 is 0.843. The molecular formula is C16H21BrN4. The normalized spacial score (nSPS) is 11.3. The molecule has 1 aromatic heterocycles. The molecule has 0 bridgehead atoms. The van der Waals surface area contributed by atoms with Crippen LogP contribution in [0.1, 0.15) is 33.3 Å². The summed E-state index contributed by atoms with van der Waals surface area (Å²) in [5, 5.41) is 6.62. The minimum absolute atomic E-state index is 0.0631. The van der Waals surface area contributed by atoms with Crippen LogP contribution in [0.3, 0.4) is 0 Å². The maximum Gasteiger partial charge on any atom is 0.150 e. The highest BCUT2D eigenvalue weighted by Crippen LogP contribution is 2.34. The molecule has 0 aliphatic heterocycles. The van der Waals surface area contributed by atoms with E-state index in [4.69, 9.17) is 0 Å². The lowest BCUT2D eigenvalue weighted by Crippen LogP contribution is -2.14. The van der Waals surface area contributed by atoms with Crippen LogP contribution in [0, 0.1) is 0 Å². The Morgan fingerprint density at radius 2 is 1.76 bits per heavy atom. The van der Waals surface area contributed by atoms with Crippen LogP contribution < -0.4 is 10.6 Å².